The lowest BCUT2D eigenvalue weighted by Gasteiger charge is -2.08. The van der Waals surface area contributed by atoms with Gasteiger partial charge in [0.25, 0.3) is 0 Å². The van der Waals surface area contributed by atoms with Crippen molar-refractivity contribution in [3.05, 3.63) is 101 Å². The molecule has 0 amide bonds. The first-order chi connectivity index (χ1) is 13.6. The maximum absolute atomic E-state index is 12.7. The van der Waals surface area contributed by atoms with E-state index in [1.165, 1.54) is 0 Å². The van der Waals surface area contributed by atoms with Gasteiger partial charge in [-0.25, -0.2) is 4.79 Å². The van der Waals surface area contributed by atoms with Gasteiger partial charge >= 0.3 is 5.97 Å². The highest BCUT2D eigenvalue weighted by atomic mass is 79.9. The average molecular weight is 433 g/mol. The maximum Gasteiger partial charge on any atom is 0.344 e. The van der Waals surface area contributed by atoms with E-state index < -0.39 is 5.97 Å². The van der Waals surface area contributed by atoms with Gasteiger partial charge in [0.05, 0.1) is 16.9 Å². The van der Waals surface area contributed by atoms with E-state index in [9.17, 15) is 4.79 Å². The summed E-state index contributed by atoms with van der Waals surface area (Å²) in [5, 5.41) is 4.69. The molecule has 0 N–H and O–H groups in total. The van der Waals surface area contributed by atoms with Gasteiger partial charge in [-0.1, -0.05) is 64.5 Å². The standard InChI is InChI=1S/C23H17BrN2O2/c1-16-7-5-12-20(13-16)26-22(15-21(25-26)17-8-3-2-4-9-17)28-23(27)18-10-6-11-19(24)14-18/h2-15H,1H3. The number of aromatic nitrogens is 2. The van der Waals surface area contributed by atoms with Crippen molar-refractivity contribution >= 4 is 21.9 Å². The molecule has 1 heterocycles. The predicted octanol–water partition coefficient (Wildman–Crippen LogP) is 5.83. The zero-order chi connectivity index (χ0) is 19.5. The van der Waals surface area contributed by atoms with Crippen LogP contribution in [-0.4, -0.2) is 15.7 Å². The summed E-state index contributed by atoms with van der Waals surface area (Å²) in [7, 11) is 0. The number of aryl methyl sites for hydroxylation is 1. The second kappa shape index (κ2) is 7.82. The van der Waals surface area contributed by atoms with Gasteiger partial charge in [-0.05, 0) is 42.8 Å². The molecule has 0 bridgehead atoms. The highest BCUT2D eigenvalue weighted by molar-refractivity contribution is 9.10. The minimum absolute atomic E-state index is 0.370. The van der Waals surface area contributed by atoms with Crippen LogP contribution < -0.4 is 4.74 Å². The van der Waals surface area contributed by atoms with Gasteiger partial charge in [0.2, 0.25) is 5.88 Å². The number of halogens is 1. The van der Waals surface area contributed by atoms with E-state index in [-0.39, 0.29) is 0 Å². The summed E-state index contributed by atoms with van der Waals surface area (Å²) in [6.45, 7) is 2.01. The Hall–Kier alpha value is -3.18. The van der Waals surface area contributed by atoms with Gasteiger partial charge in [-0.15, -0.1) is 0 Å². The van der Waals surface area contributed by atoms with Crippen LogP contribution >= 0.6 is 15.9 Å². The normalized spacial score (nSPS) is 10.6. The van der Waals surface area contributed by atoms with Crippen LogP contribution in [0.2, 0.25) is 0 Å². The second-order valence-electron chi connectivity index (χ2n) is 6.38. The number of hydrogen-bond donors (Lipinski definition) is 0. The smallest absolute Gasteiger partial charge is 0.344 e. The van der Waals surface area contributed by atoms with Crippen LogP contribution in [0.5, 0.6) is 5.88 Å². The summed E-state index contributed by atoms with van der Waals surface area (Å²) in [6, 6.07) is 26.6. The number of carbonyl (C=O) groups excluding carboxylic acids is 1. The number of benzene rings is 3. The number of nitrogens with zero attached hydrogens (tertiary/aromatic N) is 2. The molecular formula is C23H17BrN2O2. The fourth-order valence-corrected chi connectivity index (χ4v) is 3.30. The number of carbonyl (C=O) groups is 1. The Morgan fingerprint density at radius 3 is 2.46 bits per heavy atom. The molecule has 1 aromatic heterocycles. The molecule has 0 aliphatic heterocycles. The lowest BCUT2D eigenvalue weighted by atomic mass is 10.2. The Kier molecular flexibility index (Phi) is 5.08. The lowest BCUT2D eigenvalue weighted by Crippen LogP contribution is -2.11. The number of ether oxygens (including phenoxy) is 1. The van der Waals surface area contributed by atoms with Gasteiger partial charge in [-0.2, -0.15) is 9.78 Å². The van der Waals surface area contributed by atoms with Crippen molar-refractivity contribution in [1.82, 2.24) is 9.78 Å². The van der Waals surface area contributed by atoms with Gasteiger partial charge in [0, 0.05) is 16.1 Å². The molecule has 0 unspecified atom stereocenters. The lowest BCUT2D eigenvalue weighted by molar-refractivity contribution is 0.0723. The van der Waals surface area contributed by atoms with Crippen LogP contribution in [-0.2, 0) is 0 Å². The van der Waals surface area contributed by atoms with Crippen molar-refractivity contribution in [3.8, 4) is 22.8 Å². The molecule has 4 aromatic rings. The van der Waals surface area contributed by atoms with Crippen molar-refractivity contribution in [3.63, 3.8) is 0 Å². The Morgan fingerprint density at radius 2 is 1.71 bits per heavy atom. The molecule has 0 aliphatic rings. The van der Waals surface area contributed by atoms with E-state index in [1.54, 1.807) is 28.9 Å². The largest absolute Gasteiger partial charge is 0.404 e. The van der Waals surface area contributed by atoms with Crippen LogP contribution in [0.15, 0.2) is 89.4 Å². The third-order valence-electron chi connectivity index (χ3n) is 4.25. The number of esters is 1. The summed E-state index contributed by atoms with van der Waals surface area (Å²) in [4.78, 5) is 12.7. The van der Waals surface area contributed by atoms with E-state index in [1.807, 2.05) is 67.6 Å². The summed E-state index contributed by atoms with van der Waals surface area (Å²) in [5.41, 5.74) is 4.08. The molecule has 0 aliphatic carbocycles. The average Bonchev–Trinajstić information content (AvgIpc) is 3.12. The van der Waals surface area contributed by atoms with Crippen LogP contribution in [0.3, 0.4) is 0 Å². The molecule has 5 heteroatoms. The number of rotatable bonds is 4. The van der Waals surface area contributed by atoms with Gasteiger partial charge in [0.1, 0.15) is 0 Å². The van der Waals surface area contributed by atoms with Crippen molar-refractivity contribution in [2.24, 2.45) is 0 Å². The molecule has 0 atom stereocenters. The minimum atomic E-state index is -0.435. The first-order valence-corrected chi connectivity index (χ1v) is 9.60. The van der Waals surface area contributed by atoms with Crippen LogP contribution in [0.25, 0.3) is 16.9 Å². The van der Waals surface area contributed by atoms with E-state index in [0.717, 1.165) is 27.0 Å². The van der Waals surface area contributed by atoms with E-state index in [2.05, 4.69) is 21.0 Å². The summed E-state index contributed by atoms with van der Waals surface area (Å²) in [5.74, 6) is -0.0656. The van der Waals surface area contributed by atoms with E-state index >= 15 is 0 Å². The summed E-state index contributed by atoms with van der Waals surface area (Å²) < 4.78 is 8.20. The Labute approximate surface area is 171 Å². The quantitative estimate of drug-likeness (QED) is 0.381. The number of hydrogen-bond acceptors (Lipinski definition) is 3. The molecule has 0 fully saturated rings. The maximum atomic E-state index is 12.7. The molecular weight excluding hydrogens is 416 g/mol. The van der Waals surface area contributed by atoms with Gasteiger partial charge in [-0.3, -0.25) is 0 Å². The van der Waals surface area contributed by atoms with Crippen LogP contribution in [0.1, 0.15) is 15.9 Å². The zero-order valence-corrected chi connectivity index (χ0v) is 16.8. The third kappa shape index (κ3) is 3.89. The molecule has 3 aromatic carbocycles. The molecule has 0 radical (unpaired) electrons. The van der Waals surface area contributed by atoms with Crippen LogP contribution in [0.4, 0.5) is 0 Å². The molecule has 0 saturated carbocycles. The van der Waals surface area contributed by atoms with Crippen molar-refractivity contribution in [2.45, 2.75) is 6.92 Å². The predicted molar refractivity (Wildman–Crippen MR) is 113 cm³/mol. The Bertz CT molecular complexity index is 1140. The third-order valence-corrected chi connectivity index (χ3v) is 4.74. The highest BCUT2D eigenvalue weighted by Crippen LogP contribution is 2.27. The van der Waals surface area contributed by atoms with Gasteiger partial charge < -0.3 is 4.74 Å². The van der Waals surface area contributed by atoms with Crippen molar-refractivity contribution < 1.29 is 9.53 Å². The first-order valence-electron chi connectivity index (χ1n) is 8.80. The monoisotopic (exact) mass is 432 g/mol. The summed E-state index contributed by atoms with van der Waals surface area (Å²) in [6.07, 6.45) is 0. The van der Waals surface area contributed by atoms with Gasteiger partial charge in [0.15, 0.2) is 0 Å². The molecule has 4 nitrogen and oxygen atoms in total. The van der Waals surface area contributed by atoms with E-state index in [0.29, 0.717) is 11.4 Å². The fourth-order valence-electron chi connectivity index (χ4n) is 2.90. The summed E-state index contributed by atoms with van der Waals surface area (Å²) >= 11 is 3.38. The molecule has 0 saturated heterocycles. The minimum Gasteiger partial charge on any atom is -0.404 e. The Morgan fingerprint density at radius 1 is 0.929 bits per heavy atom. The highest BCUT2D eigenvalue weighted by Gasteiger charge is 2.17. The van der Waals surface area contributed by atoms with E-state index in [4.69, 9.17) is 4.74 Å². The zero-order valence-electron chi connectivity index (χ0n) is 15.2. The van der Waals surface area contributed by atoms with Crippen molar-refractivity contribution in [1.29, 1.82) is 0 Å². The topological polar surface area (TPSA) is 44.1 Å². The SMILES string of the molecule is Cc1cccc(-n2nc(-c3ccccc3)cc2OC(=O)c2cccc(Br)c2)c1. The van der Waals surface area contributed by atoms with Crippen molar-refractivity contribution in [2.75, 3.05) is 0 Å². The molecule has 0 spiro atoms. The second-order valence-corrected chi connectivity index (χ2v) is 7.30. The first kappa shape index (κ1) is 18.2. The molecule has 28 heavy (non-hydrogen) atoms. The Balaban J connectivity index is 1.76. The van der Waals surface area contributed by atoms with Crippen LogP contribution in [0, 0.1) is 6.92 Å². The fraction of sp³-hybridized carbons (Fsp3) is 0.0435. The molecule has 4 rings (SSSR count). The molecule has 138 valence electrons.